The van der Waals surface area contributed by atoms with Gasteiger partial charge in [-0.25, -0.2) is 9.59 Å². The molecule has 0 unspecified atom stereocenters. The molecule has 2 amide bonds. The van der Waals surface area contributed by atoms with Gasteiger partial charge in [0.05, 0.1) is 16.9 Å². The van der Waals surface area contributed by atoms with Crippen LogP contribution in [0.2, 0.25) is 0 Å². The lowest BCUT2D eigenvalue weighted by molar-refractivity contribution is -0.162. The van der Waals surface area contributed by atoms with E-state index >= 15 is 0 Å². The van der Waals surface area contributed by atoms with E-state index in [0.717, 1.165) is 11.8 Å². The van der Waals surface area contributed by atoms with Crippen molar-refractivity contribution in [3.05, 3.63) is 10.6 Å². The largest absolute Gasteiger partial charge is 0.444 e. The standard InChI is InChI=1S/C12H16N2O7S/c1-5(15)7-9(16)14-8(11(17)21-4-19-2)6(22-10(7)14)3-20-12(13)18/h5,7,10,15H,3-4H2,1-2H3,(H2,13,18)/t5-,7+,10-/m1/s1. The Bertz CT molecular complexity index is 534. The predicted molar refractivity (Wildman–Crippen MR) is 73.9 cm³/mol. The van der Waals surface area contributed by atoms with Crippen LogP contribution < -0.4 is 5.73 Å². The van der Waals surface area contributed by atoms with Crippen molar-refractivity contribution in [2.24, 2.45) is 11.7 Å². The lowest BCUT2D eigenvalue weighted by atomic mass is 9.92. The first-order chi connectivity index (χ1) is 10.4. The smallest absolute Gasteiger partial charge is 0.404 e. The van der Waals surface area contributed by atoms with Gasteiger partial charge in [0.1, 0.15) is 17.7 Å². The van der Waals surface area contributed by atoms with Gasteiger partial charge in [0.2, 0.25) is 5.91 Å². The number of thioether (sulfide) groups is 1. The zero-order chi connectivity index (χ0) is 16.4. The van der Waals surface area contributed by atoms with Gasteiger partial charge in [0, 0.05) is 7.11 Å². The Morgan fingerprint density at radius 2 is 2.14 bits per heavy atom. The van der Waals surface area contributed by atoms with Crippen molar-refractivity contribution in [2.45, 2.75) is 18.4 Å². The molecule has 1 fully saturated rings. The van der Waals surface area contributed by atoms with Gasteiger partial charge in [-0.3, -0.25) is 9.69 Å². The number of methoxy groups -OCH3 is 1. The molecule has 0 spiro atoms. The minimum Gasteiger partial charge on any atom is -0.444 e. The zero-order valence-electron chi connectivity index (χ0n) is 12.0. The highest BCUT2D eigenvalue weighted by Crippen LogP contribution is 2.50. The Labute approximate surface area is 130 Å². The van der Waals surface area contributed by atoms with Crippen LogP contribution in [0.5, 0.6) is 0 Å². The number of primary amides is 1. The van der Waals surface area contributed by atoms with Crippen molar-refractivity contribution >= 4 is 29.7 Å². The Morgan fingerprint density at radius 3 is 2.68 bits per heavy atom. The highest BCUT2D eigenvalue weighted by molar-refractivity contribution is 8.04. The number of fused-ring (bicyclic) bond motifs is 1. The first-order valence-electron chi connectivity index (χ1n) is 6.37. The summed E-state index contributed by atoms with van der Waals surface area (Å²) in [5.41, 5.74) is 4.91. The lowest BCUT2D eigenvalue weighted by Crippen LogP contribution is -2.60. The van der Waals surface area contributed by atoms with E-state index in [1.165, 1.54) is 18.9 Å². The summed E-state index contributed by atoms with van der Waals surface area (Å²) in [4.78, 5) is 36.5. The molecular formula is C12H16N2O7S. The van der Waals surface area contributed by atoms with E-state index in [4.69, 9.17) is 10.5 Å². The molecule has 0 aliphatic carbocycles. The third-order valence-corrected chi connectivity index (χ3v) is 4.56. The van der Waals surface area contributed by atoms with E-state index < -0.39 is 29.5 Å². The molecule has 3 atom stereocenters. The minimum absolute atomic E-state index is 0.00444. The Morgan fingerprint density at radius 1 is 1.45 bits per heavy atom. The average molecular weight is 332 g/mol. The number of hydrogen-bond donors (Lipinski definition) is 2. The van der Waals surface area contributed by atoms with Gasteiger partial charge >= 0.3 is 12.1 Å². The van der Waals surface area contributed by atoms with Crippen molar-refractivity contribution < 1.29 is 33.7 Å². The molecule has 0 bridgehead atoms. The lowest BCUT2D eigenvalue weighted by Gasteiger charge is -2.43. The maximum atomic E-state index is 12.1. The molecule has 10 heteroatoms. The van der Waals surface area contributed by atoms with E-state index in [1.54, 1.807) is 0 Å². The number of ether oxygens (including phenoxy) is 3. The van der Waals surface area contributed by atoms with E-state index in [-0.39, 0.29) is 25.0 Å². The molecule has 0 aromatic carbocycles. The monoisotopic (exact) mass is 332 g/mol. The third kappa shape index (κ3) is 2.89. The quantitative estimate of drug-likeness (QED) is 0.373. The van der Waals surface area contributed by atoms with Gasteiger partial charge < -0.3 is 25.1 Å². The molecule has 2 heterocycles. The normalized spacial score (nSPS) is 24.7. The maximum absolute atomic E-state index is 12.1. The maximum Gasteiger partial charge on any atom is 0.404 e. The van der Waals surface area contributed by atoms with Crippen LogP contribution in [0.15, 0.2) is 10.6 Å². The van der Waals surface area contributed by atoms with Crippen LogP contribution in [0.3, 0.4) is 0 Å². The molecule has 22 heavy (non-hydrogen) atoms. The van der Waals surface area contributed by atoms with Crippen LogP contribution in [0, 0.1) is 5.92 Å². The fourth-order valence-electron chi connectivity index (χ4n) is 2.26. The summed E-state index contributed by atoms with van der Waals surface area (Å²) in [6, 6.07) is 0. The van der Waals surface area contributed by atoms with Crippen LogP contribution in [0.4, 0.5) is 4.79 Å². The number of hydrogen-bond acceptors (Lipinski definition) is 8. The summed E-state index contributed by atoms with van der Waals surface area (Å²) < 4.78 is 14.2. The van der Waals surface area contributed by atoms with Gasteiger partial charge in [-0.2, -0.15) is 0 Å². The number of esters is 1. The third-order valence-electron chi connectivity index (χ3n) is 3.22. The second-order valence-electron chi connectivity index (χ2n) is 4.70. The molecule has 0 aromatic rings. The van der Waals surface area contributed by atoms with E-state index in [1.807, 2.05) is 0 Å². The molecule has 9 nitrogen and oxygen atoms in total. The number of rotatable bonds is 6. The molecule has 0 saturated carbocycles. The van der Waals surface area contributed by atoms with Crippen molar-refractivity contribution in [2.75, 3.05) is 20.5 Å². The van der Waals surface area contributed by atoms with Crippen LogP contribution in [-0.2, 0) is 23.8 Å². The second kappa shape index (κ2) is 6.55. The fourth-order valence-corrected chi connectivity index (χ4v) is 3.78. The second-order valence-corrected chi connectivity index (χ2v) is 5.91. The van der Waals surface area contributed by atoms with Crippen LogP contribution in [-0.4, -0.2) is 60.0 Å². The van der Waals surface area contributed by atoms with E-state index in [0.29, 0.717) is 4.91 Å². The highest BCUT2D eigenvalue weighted by atomic mass is 32.2. The summed E-state index contributed by atoms with van der Waals surface area (Å²) in [5.74, 6) is -1.77. The summed E-state index contributed by atoms with van der Waals surface area (Å²) >= 11 is 1.16. The molecule has 1 saturated heterocycles. The number of aliphatic hydroxyl groups excluding tert-OH is 1. The molecule has 0 radical (unpaired) electrons. The topological polar surface area (TPSA) is 128 Å². The SMILES string of the molecule is COCOC(=O)C1=C(COC(N)=O)S[C@@H]2[C@@H]([C@@H](C)O)C(=O)N12. The average Bonchev–Trinajstić information content (AvgIpc) is 2.76. The minimum atomic E-state index is -0.995. The van der Waals surface area contributed by atoms with Gasteiger partial charge in [-0.05, 0) is 6.92 Å². The number of aliphatic hydroxyl groups is 1. The Hall–Kier alpha value is -1.78. The number of carbonyl (C=O) groups excluding carboxylic acids is 3. The molecule has 3 N–H and O–H groups in total. The molecule has 0 aromatic heterocycles. The molecule has 2 rings (SSSR count). The molecule has 122 valence electrons. The van der Waals surface area contributed by atoms with Crippen molar-refractivity contribution in [3.8, 4) is 0 Å². The first-order valence-corrected chi connectivity index (χ1v) is 7.25. The van der Waals surface area contributed by atoms with Gasteiger partial charge in [-0.1, -0.05) is 11.8 Å². The van der Waals surface area contributed by atoms with Crippen molar-refractivity contribution in [1.29, 1.82) is 0 Å². The van der Waals surface area contributed by atoms with Gasteiger partial charge in [-0.15, -0.1) is 0 Å². The van der Waals surface area contributed by atoms with Crippen LogP contribution in [0.1, 0.15) is 6.92 Å². The number of nitrogens with zero attached hydrogens (tertiary/aromatic N) is 1. The van der Waals surface area contributed by atoms with E-state index in [9.17, 15) is 19.5 Å². The summed E-state index contributed by atoms with van der Waals surface area (Å²) in [6.07, 6.45) is -1.85. The fraction of sp³-hybridized carbons (Fsp3) is 0.583. The Balaban J connectivity index is 2.20. The molecule has 2 aliphatic heterocycles. The molecule has 2 aliphatic rings. The highest BCUT2D eigenvalue weighted by Gasteiger charge is 2.57. The summed E-state index contributed by atoms with van der Waals surface area (Å²) in [5, 5.41) is 9.21. The molecular weight excluding hydrogens is 316 g/mol. The zero-order valence-corrected chi connectivity index (χ0v) is 12.8. The number of nitrogens with two attached hydrogens (primary N) is 1. The number of carbonyl (C=O) groups is 3. The van der Waals surface area contributed by atoms with E-state index in [2.05, 4.69) is 9.47 Å². The summed E-state index contributed by atoms with van der Waals surface area (Å²) in [6.45, 7) is 0.981. The van der Waals surface area contributed by atoms with Gasteiger partial charge in [0.25, 0.3) is 0 Å². The number of β-lactam (4-membered cyclic amide) rings is 1. The van der Waals surface area contributed by atoms with Crippen LogP contribution in [0.25, 0.3) is 0 Å². The van der Waals surface area contributed by atoms with Crippen molar-refractivity contribution in [3.63, 3.8) is 0 Å². The Kier molecular flexibility index (Phi) is 4.94. The number of amides is 2. The van der Waals surface area contributed by atoms with Gasteiger partial charge in [0.15, 0.2) is 6.79 Å². The summed E-state index contributed by atoms with van der Waals surface area (Å²) in [7, 11) is 1.35. The van der Waals surface area contributed by atoms with Crippen LogP contribution >= 0.6 is 11.8 Å². The first kappa shape index (κ1) is 16.6. The van der Waals surface area contributed by atoms with Crippen molar-refractivity contribution in [1.82, 2.24) is 4.90 Å². The predicted octanol–water partition coefficient (Wildman–Crippen LogP) is -0.647.